The highest BCUT2D eigenvalue weighted by Gasteiger charge is 2.03. The van der Waals surface area contributed by atoms with E-state index in [-0.39, 0.29) is 12.5 Å². The van der Waals surface area contributed by atoms with Gasteiger partial charge in [-0.2, -0.15) is 11.3 Å². The van der Waals surface area contributed by atoms with Crippen LogP contribution in [0.2, 0.25) is 0 Å². The Bertz CT molecular complexity index is 484. The molecule has 0 fully saturated rings. The van der Waals surface area contributed by atoms with Gasteiger partial charge >= 0.3 is 0 Å². The molecule has 0 unspecified atom stereocenters. The van der Waals surface area contributed by atoms with Gasteiger partial charge in [-0.05, 0) is 24.3 Å². The van der Waals surface area contributed by atoms with Crippen LogP contribution in [-0.2, 0) is 14.2 Å². The Balaban J connectivity index is 1.68. The summed E-state index contributed by atoms with van der Waals surface area (Å²) in [5.41, 5.74) is 0.775. The number of hydrogen-bond acceptors (Lipinski definition) is 6. The normalized spacial score (nSPS) is 11.1. The van der Waals surface area contributed by atoms with Crippen LogP contribution in [0.15, 0.2) is 16.8 Å². The molecule has 0 saturated heterocycles. The van der Waals surface area contributed by atoms with E-state index in [1.54, 1.807) is 11.3 Å². The number of carbonyl (C=O) groups is 1. The fourth-order valence-corrected chi connectivity index (χ4v) is 3.68. The highest BCUT2D eigenvalue weighted by molar-refractivity contribution is 7.08. The van der Waals surface area contributed by atoms with E-state index in [4.69, 9.17) is 19.3 Å². The number of nitrogens with one attached hydrogen (secondary N) is 1. The van der Waals surface area contributed by atoms with Crippen LogP contribution >= 0.6 is 11.3 Å². The summed E-state index contributed by atoms with van der Waals surface area (Å²) in [4.78, 5) is 11.8. The molecule has 1 aromatic heterocycles. The molecule has 2 N–H and O–H groups in total. The third kappa shape index (κ3) is 16.8. The lowest BCUT2D eigenvalue weighted by molar-refractivity contribution is 0.00719. The van der Waals surface area contributed by atoms with E-state index >= 15 is 0 Å². The van der Waals surface area contributed by atoms with Crippen molar-refractivity contribution in [3.05, 3.63) is 22.4 Å². The van der Waals surface area contributed by atoms with Crippen LogP contribution in [0.25, 0.3) is 0 Å². The molecule has 0 saturated carbocycles. The number of amides is 1. The van der Waals surface area contributed by atoms with Gasteiger partial charge in [-0.15, -0.1) is 0 Å². The van der Waals surface area contributed by atoms with Gasteiger partial charge in [0.25, 0.3) is 5.91 Å². The van der Waals surface area contributed by atoms with Crippen LogP contribution in [0.1, 0.15) is 74.6 Å². The van der Waals surface area contributed by atoms with Crippen molar-refractivity contribution in [2.75, 3.05) is 52.8 Å². The third-order valence-corrected chi connectivity index (χ3v) is 5.45. The average Bonchev–Trinajstić information content (AvgIpc) is 3.30. The fourth-order valence-electron chi connectivity index (χ4n) is 3.05. The molecule has 1 rings (SSSR count). The molecule has 1 heterocycles. The fraction of sp³-hybridized carbons (Fsp3) is 0.783. The number of ether oxygens (including phenoxy) is 3. The van der Waals surface area contributed by atoms with Crippen molar-refractivity contribution < 1.29 is 24.1 Å². The molecule has 1 amide bonds. The minimum atomic E-state index is 0.0513. The number of hydrogen-bond donors (Lipinski definition) is 2. The summed E-state index contributed by atoms with van der Waals surface area (Å²) in [6, 6.07) is 1.86. The van der Waals surface area contributed by atoms with Gasteiger partial charge in [0.2, 0.25) is 0 Å². The Labute approximate surface area is 186 Å². The molecule has 0 aliphatic carbocycles. The van der Waals surface area contributed by atoms with Gasteiger partial charge in [-0.1, -0.05) is 51.4 Å². The number of unbranched alkanes of at least 4 members (excludes halogenated alkanes) is 9. The molecule has 6 nitrogen and oxygen atoms in total. The topological polar surface area (TPSA) is 77.0 Å². The number of carbonyl (C=O) groups excluding carboxylic acids is 1. The van der Waals surface area contributed by atoms with Crippen LogP contribution in [0.4, 0.5) is 0 Å². The molecule has 0 aliphatic rings. The molecule has 1 aromatic rings. The molecule has 174 valence electrons. The maximum atomic E-state index is 11.8. The SMILES string of the molecule is O=C(NCCCCCCCCCCCCOCCOCCOCCO)c1ccsc1. The monoisotopic (exact) mass is 443 g/mol. The van der Waals surface area contributed by atoms with Crippen LogP contribution in [0, 0.1) is 0 Å². The molecule has 30 heavy (non-hydrogen) atoms. The zero-order chi connectivity index (χ0) is 21.5. The third-order valence-electron chi connectivity index (χ3n) is 4.76. The summed E-state index contributed by atoms with van der Waals surface area (Å²) in [7, 11) is 0. The Hall–Kier alpha value is -0.990. The van der Waals surface area contributed by atoms with Gasteiger partial charge in [-0.3, -0.25) is 4.79 Å². The van der Waals surface area contributed by atoms with E-state index in [1.807, 2.05) is 16.8 Å². The van der Waals surface area contributed by atoms with Crippen molar-refractivity contribution in [3.63, 3.8) is 0 Å². The van der Waals surface area contributed by atoms with Gasteiger partial charge in [0.05, 0.1) is 39.6 Å². The lowest BCUT2D eigenvalue weighted by atomic mass is 10.1. The number of thiophene rings is 1. The molecule has 0 bridgehead atoms. The smallest absolute Gasteiger partial charge is 0.252 e. The van der Waals surface area contributed by atoms with Gasteiger partial charge in [0.15, 0.2) is 0 Å². The molecule has 0 aromatic carbocycles. The van der Waals surface area contributed by atoms with E-state index in [0.717, 1.165) is 31.6 Å². The highest BCUT2D eigenvalue weighted by Crippen LogP contribution is 2.11. The number of aliphatic hydroxyl groups is 1. The Morgan fingerprint density at radius 2 is 1.30 bits per heavy atom. The Morgan fingerprint density at radius 3 is 1.87 bits per heavy atom. The van der Waals surface area contributed by atoms with E-state index in [0.29, 0.717) is 33.0 Å². The largest absolute Gasteiger partial charge is 0.394 e. The van der Waals surface area contributed by atoms with Crippen LogP contribution in [0.5, 0.6) is 0 Å². The quantitative estimate of drug-likeness (QED) is 0.259. The molecule has 0 radical (unpaired) electrons. The first-order chi connectivity index (χ1) is 14.8. The molecule has 0 aliphatic heterocycles. The summed E-state index contributed by atoms with van der Waals surface area (Å²) in [6.45, 7) is 4.33. The van der Waals surface area contributed by atoms with Crippen molar-refractivity contribution in [3.8, 4) is 0 Å². The molecular weight excluding hydrogens is 402 g/mol. The number of rotatable bonds is 22. The summed E-state index contributed by atoms with van der Waals surface area (Å²) in [5, 5.41) is 15.4. The predicted molar refractivity (Wildman–Crippen MR) is 122 cm³/mol. The van der Waals surface area contributed by atoms with Crippen molar-refractivity contribution in [2.24, 2.45) is 0 Å². The predicted octanol–water partition coefficient (Wildman–Crippen LogP) is 4.42. The zero-order valence-corrected chi connectivity index (χ0v) is 19.3. The molecule has 7 heteroatoms. The Morgan fingerprint density at radius 1 is 0.767 bits per heavy atom. The van der Waals surface area contributed by atoms with Crippen LogP contribution < -0.4 is 5.32 Å². The van der Waals surface area contributed by atoms with Gasteiger partial charge in [0.1, 0.15) is 0 Å². The van der Waals surface area contributed by atoms with Gasteiger partial charge in [-0.25, -0.2) is 0 Å². The lowest BCUT2D eigenvalue weighted by Gasteiger charge is -2.06. The molecule has 0 spiro atoms. The van der Waals surface area contributed by atoms with Gasteiger partial charge < -0.3 is 24.6 Å². The minimum absolute atomic E-state index is 0.0513. The van der Waals surface area contributed by atoms with E-state index in [2.05, 4.69) is 5.32 Å². The lowest BCUT2D eigenvalue weighted by Crippen LogP contribution is -2.23. The summed E-state index contributed by atoms with van der Waals surface area (Å²) >= 11 is 1.56. The zero-order valence-electron chi connectivity index (χ0n) is 18.4. The second-order valence-electron chi connectivity index (χ2n) is 7.36. The summed E-state index contributed by atoms with van der Waals surface area (Å²) in [6.07, 6.45) is 12.4. The van der Waals surface area contributed by atoms with Gasteiger partial charge in [0, 0.05) is 24.1 Å². The maximum Gasteiger partial charge on any atom is 0.252 e. The van der Waals surface area contributed by atoms with Crippen molar-refractivity contribution in [1.82, 2.24) is 5.32 Å². The van der Waals surface area contributed by atoms with Crippen molar-refractivity contribution >= 4 is 17.2 Å². The van der Waals surface area contributed by atoms with E-state index < -0.39 is 0 Å². The Kier molecular flexibility index (Phi) is 19.2. The molecule has 0 atom stereocenters. The standard InChI is InChI=1S/C23H41NO5S/c25-13-15-28-17-19-29-18-16-27-14-10-8-6-4-2-1-3-5-7-9-12-24-23(26)22-11-20-30-21-22/h11,20-21,25H,1-10,12-19H2,(H,24,26). The van der Waals surface area contributed by atoms with E-state index in [1.165, 1.54) is 51.4 Å². The van der Waals surface area contributed by atoms with E-state index in [9.17, 15) is 4.79 Å². The van der Waals surface area contributed by atoms with Crippen LogP contribution in [-0.4, -0.2) is 63.8 Å². The summed E-state index contributed by atoms with van der Waals surface area (Å²) < 4.78 is 16.0. The second-order valence-corrected chi connectivity index (χ2v) is 8.14. The first kappa shape index (κ1) is 27.0. The second kappa shape index (κ2) is 21.2. The summed E-state index contributed by atoms with van der Waals surface area (Å²) in [5.74, 6) is 0.0513. The van der Waals surface area contributed by atoms with Crippen molar-refractivity contribution in [1.29, 1.82) is 0 Å². The average molecular weight is 444 g/mol. The first-order valence-corrected chi connectivity index (χ1v) is 12.4. The minimum Gasteiger partial charge on any atom is -0.394 e. The van der Waals surface area contributed by atoms with Crippen molar-refractivity contribution in [2.45, 2.75) is 64.2 Å². The maximum absolute atomic E-state index is 11.8. The highest BCUT2D eigenvalue weighted by atomic mass is 32.1. The van der Waals surface area contributed by atoms with Crippen LogP contribution in [0.3, 0.4) is 0 Å². The molecular formula is C23H41NO5S. The number of aliphatic hydroxyl groups excluding tert-OH is 1. The first-order valence-electron chi connectivity index (χ1n) is 11.5.